The van der Waals surface area contributed by atoms with Crippen molar-refractivity contribution in [2.45, 2.75) is 47.6 Å². The summed E-state index contributed by atoms with van der Waals surface area (Å²) in [6.45, 7) is 10.5. The Morgan fingerprint density at radius 3 is 2.19 bits per heavy atom. The van der Waals surface area contributed by atoms with E-state index in [1.165, 1.54) is 11.1 Å². The van der Waals surface area contributed by atoms with Crippen LogP contribution in [-0.4, -0.2) is 18.4 Å². The molecular formula is C22H28N2O2. The summed E-state index contributed by atoms with van der Waals surface area (Å²) in [4.78, 5) is 26.1. The minimum atomic E-state index is -0.0554. The zero-order chi connectivity index (χ0) is 19.3. The van der Waals surface area contributed by atoms with Crippen molar-refractivity contribution in [1.82, 2.24) is 5.32 Å². The molecule has 0 saturated heterocycles. The van der Waals surface area contributed by atoms with Crippen LogP contribution in [0.25, 0.3) is 0 Å². The van der Waals surface area contributed by atoms with Crippen LogP contribution < -0.4 is 10.2 Å². The molecule has 0 spiro atoms. The normalized spacial score (nSPS) is 10.5. The van der Waals surface area contributed by atoms with Crippen LogP contribution in [0.3, 0.4) is 0 Å². The number of anilines is 1. The van der Waals surface area contributed by atoms with Crippen LogP contribution in [0.5, 0.6) is 0 Å². The number of rotatable bonds is 6. The lowest BCUT2D eigenvalue weighted by Gasteiger charge is -2.25. The summed E-state index contributed by atoms with van der Waals surface area (Å²) >= 11 is 0. The van der Waals surface area contributed by atoms with Crippen molar-refractivity contribution in [1.29, 1.82) is 0 Å². The van der Waals surface area contributed by atoms with E-state index in [0.717, 1.165) is 22.4 Å². The van der Waals surface area contributed by atoms with Gasteiger partial charge in [-0.3, -0.25) is 9.59 Å². The van der Waals surface area contributed by atoms with Crippen molar-refractivity contribution in [3.63, 3.8) is 0 Å². The SMILES string of the molecule is CC(=O)N(CCC(=O)NCc1cccc(C)c1)c1c(C)cc(C)cc1C. The lowest BCUT2D eigenvalue weighted by Crippen LogP contribution is -2.34. The maximum atomic E-state index is 12.2. The number of hydrogen-bond donors (Lipinski definition) is 1. The number of amides is 2. The van der Waals surface area contributed by atoms with Crippen LogP contribution in [0.4, 0.5) is 5.69 Å². The second kappa shape index (κ2) is 8.65. The zero-order valence-corrected chi connectivity index (χ0v) is 16.3. The number of nitrogens with zero attached hydrogens (tertiary/aromatic N) is 1. The highest BCUT2D eigenvalue weighted by Crippen LogP contribution is 2.26. The van der Waals surface area contributed by atoms with Gasteiger partial charge < -0.3 is 10.2 Å². The van der Waals surface area contributed by atoms with Crippen LogP contribution in [0, 0.1) is 27.7 Å². The minimum Gasteiger partial charge on any atom is -0.352 e. The summed E-state index contributed by atoms with van der Waals surface area (Å²) in [6, 6.07) is 12.2. The molecule has 0 heterocycles. The molecule has 2 aromatic carbocycles. The molecule has 4 nitrogen and oxygen atoms in total. The van der Waals surface area contributed by atoms with Gasteiger partial charge in [0.25, 0.3) is 0 Å². The molecule has 0 aliphatic rings. The molecular weight excluding hydrogens is 324 g/mol. The van der Waals surface area contributed by atoms with E-state index < -0.39 is 0 Å². The Hall–Kier alpha value is -2.62. The Balaban J connectivity index is 2.00. The summed E-state index contributed by atoms with van der Waals surface area (Å²) < 4.78 is 0. The van der Waals surface area contributed by atoms with Crippen molar-refractivity contribution in [2.24, 2.45) is 0 Å². The highest BCUT2D eigenvalue weighted by molar-refractivity contribution is 5.94. The summed E-state index contributed by atoms with van der Waals surface area (Å²) in [5.41, 5.74) is 6.44. The number of benzene rings is 2. The largest absolute Gasteiger partial charge is 0.352 e. The fraction of sp³-hybridized carbons (Fsp3) is 0.364. The smallest absolute Gasteiger partial charge is 0.223 e. The number of carbonyl (C=O) groups is 2. The highest BCUT2D eigenvalue weighted by Gasteiger charge is 2.17. The van der Waals surface area contributed by atoms with Gasteiger partial charge in [-0.05, 0) is 44.4 Å². The van der Waals surface area contributed by atoms with Crippen molar-refractivity contribution in [2.75, 3.05) is 11.4 Å². The van der Waals surface area contributed by atoms with Gasteiger partial charge in [-0.2, -0.15) is 0 Å². The van der Waals surface area contributed by atoms with E-state index in [1.54, 1.807) is 11.8 Å². The van der Waals surface area contributed by atoms with Gasteiger partial charge in [-0.15, -0.1) is 0 Å². The molecule has 0 radical (unpaired) electrons. The first kappa shape index (κ1) is 19.7. The first-order valence-electron chi connectivity index (χ1n) is 8.96. The van der Waals surface area contributed by atoms with Crippen molar-refractivity contribution in [3.8, 4) is 0 Å². The van der Waals surface area contributed by atoms with E-state index in [-0.39, 0.29) is 18.2 Å². The van der Waals surface area contributed by atoms with E-state index in [1.807, 2.05) is 45.9 Å². The Morgan fingerprint density at radius 2 is 1.62 bits per heavy atom. The molecule has 26 heavy (non-hydrogen) atoms. The number of carbonyl (C=O) groups excluding carboxylic acids is 2. The topological polar surface area (TPSA) is 49.4 Å². The van der Waals surface area contributed by atoms with Crippen molar-refractivity contribution in [3.05, 3.63) is 64.2 Å². The first-order chi connectivity index (χ1) is 12.3. The number of hydrogen-bond acceptors (Lipinski definition) is 2. The Kier molecular flexibility index (Phi) is 6.56. The maximum Gasteiger partial charge on any atom is 0.223 e. The van der Waals surface area contributed by atoms with Gasteiger partial charge in [0, 0.05) is 32.1 Å². The van der Waals surface area contributed by atoms with E-state index in [4.69, 9.17) is 0 Å². The highest BCUT2D eigenvalue weighted by atomic mass is 16.2. The second-order valence-corrected chi connectivity index (χ2v) is 6.93. The molecule has 0 aromatic heterocycles. The van der Waals surface area contributed by atoms with Gasteiger partial charge in [0.1, 0.15) is 0 Å². The molecule has 0 saturated carbocycles. The Labute approximate surface area is 156 Å². The molecule has 0 unspecified atom stereocenters. The number of aryl methyl sites for hydroxylation is 4. The molecule has 138 valence electrons. The molecule has 0 fully saturated rings. The van der Waals surface area contributed by atoms with E-state index in [2.05, 4.69) is 23.5 Å². The molecule has 0 atom stereocenters. The first-order valence-corrected chi connectivity index (χ1v) is 8.96. The van der Waals surface area contributed by atoms with E-state index >= 15 is 0 Å². The summed E-state index contributed by atoms with van der Waals surface area (Å²) in [5, 5.41) is 2.93. The van der Waals surface area contributed by atoms with Gasteiger partial charge in [0.15, 0.2) is 0 Å². The van der Waals surface area contributed by atoms with Crippen LogP contribution in [-0.2, 0) is 16.1 Å². The lowest BCUT2D eigenvalue weighted by molar-refractivity contribution is -0.121. The predicted octanol–water partition coefficient (Wildman–Crippen LogP) is 3.98. The van der Waals surface area contributed by atoms with Crippen molar-refractivity contribution >= 4 is 17.5 Å². The van der Waals surface area contributed by atoms with Crippen LogP contribution >= 0.6 is 0 Å². The fourth-order valence-corrected chi connectivity index (χ4v) is 3.35. The predicted molar refractivity (Wildman–Crippen MR) is 106 cm³/mol. The quantitative estimate of drug-likeness (QED) is 0.855. The van der Waals surface area contributed by atoms with Gasteiger partial charge in [0.05, 0.1) is 0 Å². The third kappa shape index (κ3) is 5.19. The van der Waals surface area contributed by atoms with Crippen LogP contribution in [0.1, 0.15) is 41.2 Å². The molecule has 1 N–H and O–H groups in total. The third-order valence-corrected chi connectivity index (χ3v) is 4.42. The molecule has 2 rings (SSSR count). The van der Waals surface area contributed by atoms with Crippen LogP contribution in [0.2, 0.25) is 0 Å². The average molecular weight is 352 g/mol. The molecule has 0 aliphatic heterocycles. The Bertz CT molecular complexity index is 789. The van der Waals surface area contributed by atoms with Crippen LogP contribution in [0.15, 0.2) is 36.4 Å². The zero-order valence-electron chi connectivity index (χ0n) is 16.3. The molecule has 0 bridgehead atoms. The monoisotopic (exact) mass is 352 g/mol. The summed E-state index contributed by atoms with van der Waals surface area (Å²) in [6.07, 6.45) is 0.276. The molecule has 2 amide bonds. The second-order valence-electron chi connectivity index (χ2n) is 6.93. The van der Waals surface area contributed by atoms with E-state index in [9.17, 15) is 9.59 Å². The lowest BCUT2D eigenvalue weighted by atomic mass is 10.0. The van der Waals surface area contributed by atoms with Crippen molar-refractivity contribution < 1.29 is 9.59 Å². The molecule has 0 aliphatic carbocycles. The van der Waals surface area contributed by atoms with E-state index in [0.29, 0.717) is 13.1 Å². The van der Waals surface area contributed by atoms with Gasteiger partial charge >= 0.3 is 0 Å². The van der Waals surface area contributed by atoms with Gasteiger partial charge in [0.2, 0.25) is 11.8 Å². The summed E-state index contributed by atoms with van der Waals surface area (Å²) in [7, 11) is 0. The summed E-state index contributed by atoms with van der Waals surface area (Å²) in [5.74, 6) is -0.105. The Morgan fingerprint density at radius 1 is 0.962 bits per heavy atom. The fourth-order valence-electron chi connectivity index (χ4n) is 3.35. The van der Waals surface area contributed by atoms with Gasteiger partial charge in [-0.25, -0.2) is 0 Å². The maximum absolute atomic E-state index is 12.2. The minimum absolute atomic E-state index is 0.0495. The molecule has 2 aromatic rings. The average Bonchev–Trinajstić information content (AvgIpc) is 2.54. The van der Waals surface area contributed by atoms with Gasteiger partial charge in [-0.1, -0.05) is 47.5 Å². The standard InChI is InChI=1S/C22H28N2O2/c1-15-7-6-8-20(13-15)14-23-21(26)9-10-24(19(5)25)22-17(3)11-16(2)12-18(22)4/h6-8,11-13H,9-10,14H2,1-5H3,(H,23,26). The third-order valence-electron chi connectivity index (χ3n) is 4.42. The number of nitrogens with one attached hydrogen (secondary N) is 1. The molecule has 4 heteroatoms.